The Morgan fingerprint density at radius 3 is 2.44 bits per heavy atom. The van der Waals surface area contributed by atoms with Crippen LogP contribution in [0, 0.1) is 0 Å². The van der Waals surface area contributed by atoms with Gasteiger partial charge in [-0.15, -0.1) is 0 Å². The van der Waals surface area contributed by atoms with Gasteiger partial charge in [0.1, 0.15) is 11.5 Å². The molecule has 1 fully saturated rings. The number of nitrogens with zero attached hydrogens (tertiary/aromatic N) is 1. The SMILES string of the molecule is COc1ccc(CC(=O)Nc2ccc(N3CCCS3(=O)=O)cc2OC)cc1. The average molecular weight is 390 g/mol. The zero-order chi connectivity index (χ0) is 19.4. The first-order valence-corrected chi connectivity index (χ1v) is 10.1. The minimum atomic E-state index is -3.27. The van der Waals surface area contributed by atoms with Crippen LogP contribution < -0.4 is 19.1 Å². The summed E-state index contributed by atoms with van der Waals surface area (Å²) in [6.45, 7) is 0.453. The minimum absolute atomic E-state index is 0.148. The van der Waals surface area contributed by atoms with Crippen LogP contribution in [0.4, 0.5) is 11.4 Å². The van der Waals surface area contributed by atoms with Crippen LogP contribution in [0.15, 0.2) is 42.5 Å². The van der Waals surface area contributed by atoms with Gasteiger partial charge in [-0.05, 0) is 36.2 Å². The molecule has 3 rings (SSSR count). The highest BCUT2D eigenvalue weighted by atomic mass is 32.2. The fourth-order valence-electron chi connectivity index (χ4n) is 2.99. The monoisotopic (exact) mass is 390 g/mol. The molecule has 0 radical (unpaired) electrons. The molecule has 0 unspecified atom stereocenters. The maximum absolute atomic E-state index is 12.3. The molecule has 8 heteroatoms. The number of sulfonamides is 1. The third-order valence-electron chi connectivity index (χ3n) is 4.37. The van der Waals surface area contributed by atoms with Crippen molar-refractivity contribution < 1.29 is 22.7 Å². The molecule has 0 atom stereocenters. The average Bonchev–Trinajstić information content (AvgIpc) is 3.01. The van der Waals surface area contributed by atoms with E-state index in [-0.39, 0.29) is 18.1 Å². The molecule has 1 saturated heterocycles. The summed E-state index contributed by atoms with van der Waals surface area (Å²) in [7, 11) is -0.196. The molecular weight excluding hydrogens is 368 g/mol. The summed E-state index contributed by atoms with van der Waals surface area (Å²) < 4.78 is 36.0. The van der Waals surface area contributed by atoms with E-state index in [1.54, 1.807) is 37.4 Å². The second-order valence-corrected chi connectivity index (χ2v) is 8.21. The van der Waals surface area contributed by atoms with Crippen molar-refractivity contribution in [2.45, 2.75) is 12.8 Å². The van der Waals surface area contributed by atoms with Gasteiger partial charge in [-0.25, -0.2) is 8.42 Å². The highest BCUT2D eigenvalue weighted by Crippen LogP contribution is 2.33. The molecule has 2 aromatic rings. The largest absolute Gasteiger partial charge is 0.497 e. The predicted molar refractivity (Wildman–Crippen MR) is 104 cm³/mol. The summed E-state index contributed by atoms with van der Waals surface area (Å²) in [4.78, 5) is 12.3. The summed E-state index contributed by atoms with van der Waals surface area (Å²) in [6.07, 6.45) is 0.806. The lowest BCUT2D eigenvalue weighted by atomic mass is 10.1. The number of benzene rings is 2. The van der Waals surface area contributed by atoms with Crippen molar-refractivity contribution in [1.29, 1.82) is 0 Å². The quantitative estimate of drug-likeness (QED) is 0.819. The Bertz CT molecular complexity index is 926. The number of hydrogen-bond donors (Lipinski definition) is 1. The van der Waals surface area contributed by atoms with E-state index >= 15 is 0 Å². The summed E-state index contributed by atoms with van der Waals surface area (Å²) in [6, 6.07) is 12.2. The fraction of sp³-hybridized carbons (Fsp3) is 0.316. The summed E-state index contributed by atoms with van der Waals surface area (Å²) >= 11 is 0. The molecule has 7 nitrogen and oxygen atoms in total. The second kappa shape index (κ2) is 7.87. The van der Waals surface area contributed by atoms with Gasteiger partial charge in [0.05, 0.1) is 37.8 Å². The number of carbonyl (C=O) groups is 1. The Balaban J connectivity index is 1.73. The highest BCUT2D eigenvalue weighted by Gasteiger charge is 2.29. The topological polar surface area (TPSA) is 84.9 Å². The first-order valence-electron chi connectivity index (χ1n) is 8.54. The van der Waals surface area contributed by atoms with Gasteiger partial charge in [0.15, 0.2) is 0 Å². The molecule has 27 heavy (non-hydrogen) atoms. The van der Waals surface area contributed by atoms with Crippen LogP contribution in [0.2, 0.25) is 0 Å². The molecule has 0 aromatic heterocycles. The molecule has 1 heterocycles. The molecule has 144 valence electrons. The molecule has 1 amide bonds. The van der Waals surface area contributed by atoms with E-state index in [0.717, 1.165) is 11.3 Å². The summed E-state index contributed by atoms with van der Waals surface area (Å²) in [5.41, 5.74) is 1.89. The lowest BCUT2D eigenvalue weighted by molar-refractivity contribution is -0.115. The molecule has 0 spiro atoms. The predicted octanol–water partition coefficient (Wildman–Crippen LogP) is 2.42. The number of ether oxygens (including phenoxy) is 2. The zero-order valence-electron chi connectivity index (χ0n) is 15.3. The van der Waals surface area contributed by atoms with Crippen LogP contribution in [0.1, 0.15) is 12.0 Å². The number of amides is 1. The Labute approximate surface area is 158 Å². The van der Waals surface area contributed by atoms with Crippen molar-refractivity contribution in [2.24, 2.45) is 0 Å². The van der Waals surface area contributed by atoms with E-state index in [4.69, 9.17) is 9.47 Å². The molecule has 0 saturated carbocycles. The molecule has 0 bridgehead atoms. The van der Waals surface area contributed by atoms with Crippen LogP contribution in [0.25, 0.3) is 0 Å². The van der Waals surface area contributed by atoms with Crippen molar-refractivity contribution >= 4 is 27.3 Å². The van der Waals surface area contributed by atoms with Crippen LogP contribution in [-0.2, 0) is 21.2 Å². The Kier molecular flexibility index (Phi) is 5.55. The molecule has 1 aliphatic heterocycles. The van der Waals surface area contributed by atoms with E-state index in [1.165, 1.54) is 11.4 Å². The van der Waals surface area contributed by atoms with Gasteiger partial charge in [0, 0.05) is 12.6 Å². The van der Waals surface area contributed by atoms with E-state index in [2.05, 4.69) is 5.32 Å². The van der Waals surface area contributed by atoms with Gasteiger partial charge < -0.3 is 14.8 Å². The lowest BCUT2D eigenvalue weighted by Crippen LogP contribution is -2.25. The van der Waals surface area contributed by atoms with Crippen LogP contribution in [0.5, 0.6) is 11.5 Å². The van der Waals surface area contributed by atoms with Crippen molar-refractivity contribution in [3.05, 3.63) is 48.0 Å². The maximum atomic E-state index is 12.3. The normalized spacial score (nSPS) is 15.4. The van der Waals surface area contributed by atoms with Gasteiger partial charge in [-0.1, -0.05) is 12.1 Å². The molecule has 1 N–H and O–H groups in total. The molecule has 2 aromatic carbocycles. The standard InChI is InChI=1S/C19H22N2O5S/c1-25-16-7-4-14(5-8-16)12-19(22)20-17-9-6-15(13-18(17)26-2)21-10-3-11-27(21,23)24/h4-9,13H,3,10-12H2,1-2H3,(H,20,22). The Hall–Kier alpha value is -2.74. The molecule has 1 aliphatic rings. The number of nitrogens with one attached hydrogen (secondary N) is 1. The van der Waals surface area contributed by atoms with E-state index in [0.29, 0.717) is 30.1 Å². The van der Waals surface area contributed by atoms with Gasteiger partial charge >= 0.3 is 0 Å². The van der Waals surface area contributed by atoms with E-state index in [1.807, 2.05) is 12.1 Å². The number of methoxy groups -OCH3 is 2. The fourth-order valence-corrected chi connectivity index (χ4v) is 4.55. The lowest BCUT2D eigenvalue weighted by Gasteiger charge is -2.19. The van der Waals surface area contributed by atoms with Crippen LogP contribution in [-0.4, -0.2) is 40.8 Å². The zero-order valence-corrected chi connectivity index (χ0v) is 16.1. The van der Waals surface area contributed by atoms with Crippen molar-refractivity contribution in [2.75, 3.05) is 36.1 Å². The highest BCUT2D eigenvalue weighted by molar-refractivity contribution is 7.93. The Morgan fingerprint density at radius 1 is 1.11 bits per heavy atom. The third-order valence-corrected chi connectivity index (χ3v) is 6.24. The smallest absolute Gasteiger partial charge is 0.235 e. The number of hydrogen-bond acceptors (Lipinski definition) is 5. The van der Waals surface area contributed by atoms with Crippen LogP contribution in [0.3, 0.4) is 0 Å². The van der Waals surface area contributed by atoms with Gasteiger partial charge in [-0.3, -0.25) is 9.10 Å². The summed E-state index contributed by atoms with van der Waals surface area (Å²) in [5.74, 6) is 1.10. The van der Waals surface area contributed by atoms with Crippen molar-refractivity contribution in [3.8, 4) is 11.5 Å². The number of rotatable bonds is 6. The van der Waals surface area contributed by atoms with Gasteiger partial charge in [-0.2, -0.15) is 0 Å². The molecular formula is C19H22N2O5S. The maximum Gasteiger partial charge on any atom is 0.235 e. The first-order chi connectivity index (χ1) is 12.9. The van der Waals surface area contributed by atoms with E-state index in [9.17, 15) is 13.2 Å². The number of anilines is 2. The molecule has 0 aliphatic carbocycles. The van der Waals surface area contributed by atoms with Gasteiger partial charge in [0.25, 0.3) is 0 Å². The summed E-state index contributed by atoms with van der Waals surface area (Å²) in [5, 5.41) is 2.81. The third kappa shape index (κ3) is 4.33. The first kappa shape index (κ1) is 19.0. The second-order valence-electron chi connectivity index (χ2n) is 6.20. The van der Waals surface area contributed by atoms with Crippen molar-refractivity contribution in [1.82, 2.24) is 0 Å². The van der Waals surface area contributed by atoms with Crippen molar-refractivity contribution in [3.63, 3.8) is 0 Å². The minimum Gasteiger partial charge on any atom is -0.497 e. The number of carbonyl (C=O) groups excluding carboxylic acids is 1. The Morgan fingerprint density at radius 2 is 1.85 bits per heavy atom. The van der Waals surface area contributed by atoms with Gasteiger partial charge in [0.2, 0.25) is 15.9 Å². The van der Waals surface area contributed by atoms with Crippen LogP contribution >= 0.6 is 0 Å². The van der Waals surface area contributed by atoms with E-state index < -0.39 is 10.0 Å².